The monoisotopic (exact) mass is 126 g/mol. The second kappa shape index (κ2) is 1.86. The smallest absolute Gasteiger partial charge is 0.303 e. The van der Waals surface area contributed by atoms with E-state index < -0.39 is 16.6 Å². The fourth-order valence-corrected chi connectivity index (χ4v) is 0.696. The minimum absolute atomic E-state index is 0.153. The third-order valence-electron chi connectivity index (χ3n) is 1.45. The molecule has 0 bridgehead atoms. The molecule has 0 aliphatic carbocycles. The second-order valence-corrected chi connectivity index (χ2v) is 2.48. The van der Waals surface area contributed by atoms with E-state index in [-0.39, 0.29) is 6.42 Å². The first kappa shape index (κ1) is 7.83. The molecule has 0 aromatic carbocycles. The number of carbonyl (C=O) groups excluding carboxylic acids is 1. The SMILES string of the molecule is [B]C1([B])CC(=O)OC1([B])[B]. The molecule has 0 atom stereocenters. The molecule has 0 aromatic rings. The Balaban J connectivity index is 2.88. The molecule has 0 unspecified atom stereocenters. The molecule has 1 aliphatic heterocycles. The van der Waals surface area contributed by atoms with Crippen LogP contribution in [0.5, 0.6) is 0 Å². The number of carbonyl (C=O) groups is 1. The molecule has 0 saturated carbocycles. The fourth-order valence-electron chi connectivity index (χ4n) is 0.696. The van der Waals surface area contributed by atoms with Crippen LogP contribution in [0.3, 0.4) is 0 Å². The largest absolute Gasteiger partial charge is 0.480 e. The lowest BCUT2D eigenvalue weighted by Gasteiger charge is -2.33. The molecular weight excluding hydrogens is 123 g/mol. The molecule has 1 rings (SSSR count). The van der Waals surface area contributed by atoms with Gasteiger partial charge in [-0.15, -0.1) is 0 Å². The van der Waals surface area contributed by atoms with E-state index in [0.29, 0.717) is 0 Å². The van der Waals surface area contributed by atoms with Gasteiger partial charge in [-0.05, 0) is 0 Å². The van der Waals surface area contributed by atoms with E-state index >= 15 is 0 Å². The highest BCUT2D eigenvalue weighted by Gasteiger charge is 2.45. The van der Waals surface area contributed by atoms with E-state index in [2.05, 4.69) is 4.74 Å². The summed E-state index contributed by atoms with van der Waals surface area (Å²) < 4.78 is 4.43. The predicted molar refractivity (Wildman–Crippen MR) is 39.1 cm³/mol. The van der Waals surface area contributed by atoms with E-state index in [1.165, 1.54) is 0 Å². The average Bonchev–Trinajstić information content (AvgIpc) is 1.73. The quantitative estimate of drug-likeness (QED) is 0.287. The van der Waals surface area contributed by atoms with Crippen molar-refractivity contribution >= 4 is 37.4 Å². The van der Waals surface area contributed by atoms with Crippen LogP contribution < -0.4 is 0 Å². The lowest BCUT2D eigenvalue weighted by atomic mass is 9.35. The van der Waals surface area contributed by atoms with Crippen LogP contribution in [-0.4, -0.2) is 42.8 Å². The van der Waals surface area contributed by atoms with Crippen LogP contribution in [-0.2, 0) is 9.53 Å². The zero-order valence-corrected chi connectivity index (χ0v) is 5.33. The van der Waals surface area contributed by atoms with Crippen LogP contribution in [0.15, 0.2) is 0 Å². The van der Waals surface area contributed by atoms with Gasteiger partial charge < -0.3 is 4.74 Å². The number of esters is 1. The molecule has 42 valence electrons. The van der Waals surface area contributed by atoms with E-state index in [0.717, 1.165) is 0 Å². The molecule has 0 aromatic heterocycles. The summed E-state index contributed by atoms with van der Waals surface area (Å²) in [7, 11) is 21.1. The summed E-state index contributed by atoms with van der Waals surface area (Å²) in [5.41, 5.74) is 0. The first-order valence-corrected chi connectivity index (χ1v) is 2.72. The van der Waals surface area contributed by atoms with Gasteiger partial charge in [-0.2, -0.15) is 0 Å². The van der Waals surface area contributed by atoms with Crippen LogP contribution in [0.1, 0.15) is 6.42 Å². The summed E-state index contributed by atoms with van der Waals surface area (Å²) in [6.07, 6.45) is -0.153. The molecule has 8 radical (unpaired) electrons. The summed E-state index contributed by atoms with van der Waals surface area (Å²) in [6.45, 7) is 0. The van der Waals surface area contributed by atoms with E-state index in [9.17, 15) is 4.79 Å². The van der Waals surface area contributed by atoms with Crippen molar-refractivity contribution in [1.29, 1.82) is 0 Å². The van der Waals surface area contributed by atoms with Crippen LogP contribution in [0.25, 0.3) is 0 Å². The zero-order valence-electron chi connectivity index (χ0n) is 5.33. The fraction of sp³-hybridized carbons (Fsp3) is 0.750. The lowest BCUT2D eigenvalue weighted by Crippen LogP contribution is -2.42. The van der Waals surface area contributed by atoms with Crippen LogP contribution >= 0.6 is 0 Å². The Hall–Kier alpha value is -0.270. The summed E-state index contributed by atoms with van der Waals surface area (Å²) in [4.78, 5) is 10.5. The summed E-state index contributed by atoms with van der Waals surface area (Å²) >= 11 is 0. The van der Waals surface area contributed by atoms with Crippen LogP contribution in [0.2, 0.25) is 5.21 Å². The van der Waals surface area contributed by atoms with Crippen molar-refractivity contribution in [2.24, 2.45) is 0 Å². The van der Waals surface area contributed by atoms with Gasteiger partial charge in [-0.25, -0.2) is 0 Å². The Morgan fingerprint density at radius 2 is 1.80 bits per heavy atom. The Labute approximate surface area is 64.7 Å². The van der Waals surface area contributed by atoms with Crippen molar-refractivity contribution in [1.82, 2.24) is 0 Å². The number of ether oxygens (including phenoxy) is 1. The molecule has 10 heavy (non-hydrogen) atoms. The molecule has 0 spiro atoms. The van der Waals surface area contributed by atoms with Gasteiger partial charge in [0.25, 0.3) is 0 Å². The van der Waals surface area contributed by atoms with E-state index in [1.54, 1.807) is 0 Å². The van der Waals surface area contributed by atoms with Gasteiger partial charge in [0.1, 0.15) is 15.7 Å². The first-order chi connectivity index (χ1) is 4.35. The van der Waals surface area contributed by atoms with Gasteiger partial charge in [0.15, 0.2) is 0 Å². The number of hydrogen-bond donors (Lipinski definition) is 0. The maximum atomic E-state index is 10.5. The van der Waals surface area contributed by atoms with Gasteiger partial charge in [0.2, 0.25) is 0 Å². The maximum Gasteiger partial charge on any atom is 0.303 e. The number of cyclic esters (lactones) is 1. The zero-order chi connectivity index (χ0) is 7.99. The Bertz CT molecular complexity index is 158. The average molecular weight is 125 g/mol. The molecule has 2 nitrogen and oxygen atoms in total. The lowest BCUT2D eigenvalue weighted by molar-refractivity contribution is -0.140. The van der Waals surface area contributed by atoms with Crippen molar-refractivity contribution in [3.63, 3.8) is 0 Å². The van der Waals surface area contributed by atoms with Crippen molar-refractivity contribution in [2.75, 3.05) is 0 Å². The molecule has 1 heterocycles. The van der Waals surface area contributed by atoms with Crippen molar-refractivity contribution in [3.8, 4) is 0 Å². The van der Waals surface area contributed by atoms with Gasteiger partial charge in [-0.3, -0.25) is 4.79 Å². The van der Waals surface area contributed by atoms with E-state index in [4.69, 9.17) is 31.4 Å². The first-order valence-electron chi connectivity index (χ1n) is 2.72. The predicted octanol–water partition coefficient (Wildman–Crippen LogP) is -1.62. The molecule has 1 aliphatic rings. The summed E-state index contributed by atoms with van der Waals surface area (Å²) in [6, 6.07) is 0. The molecule has 1 fully saturated rings. The molecular formula is C4H2B4O2. The minimum atomic E-state index is -1.73. The molecule has 0 N–H and O–H groups in total. The summed E-state index contributed by atoms with van der Waals surface area (Å²) in [5.74, 6) is -0.574. The third-order valence-corrected chi connectivity index (χ3v) is 1.45. The highest BCUT2D eigenvalue weighted by atomic mass is 16.6. The van der Waals surface area contributed by atoms with Crippen LogP contribution in [0, 0.1) is 0 Å². The topological polar surface area (TPSA) is 26.3 Å². The highest BCUT2D eigenvalue weighted by Crippen LogP contribution is 2.40. The maximum absolute atomic E-state index is 10.5. The Morgan fingerprint density at radius 3 is 1.90 bits per heavy atom. The normalized spacial score (nSPS) is 27.8. The van der Waals surface area contributed by atoms with Gasteiger partial charge in [-0.1, -0.05) is 5.21 Å². The molecule has 6 heteroatoms. The standard InChI is InChI=1S/C4H2B4O2/c5-3(6)1-2(9)10-4(3,7)8/h1H2. The van der Waals surface area contributed by atoms with Gasteiger partial charge >= 0.3 is 5.97 Å². The van der Waals surface area contributed by atoms with Crippen molar-refractivity contribution in [3.05, 3.63) is 0 Å². The minimum Gasteiger partial charge on any atom is -0.480 e. The van der Waals surface area contributed by atoms with Gasteiger partial charge in [0.05, 0.1) is 15.7 Å². The van der Waals surface area contributed by atoms with Gasteiger partial charge in [0, 0.05) is 11.8 Å². The Kier molecular flexibility index (Phi) is 1.46. The van der Waals surface area contributed by atoms with Crippen molar-refractivity contribution < 1.29 is 9.53 Å². The second-order valence-electron chi connectivity index (χ2n) is 2.48. The molecule has 0 amide bonds. The highest BCUT2D eigenvalue weighted by molar-refractivity contribution is 6.55. The molecule has 1 saturated heterocycles. The van der Waals surface area contributed by atoms with Crippen LogP contribution in [0.4, 0.5) is 0 Å². The Morgan fingerprint density at radius 1 is 1.30 bits per heavy atom. The van der Waals surface area contributed by atoms with E-state index in [1.807, 2.05) is 0 Å². The summed E-state index contributed by atoms with van der Waals surface area (Å²) in [5, 5.41) is -3.19. The number of rotatable bonds is 0. The number of hydrogen-bond acceptors (Lipinski definition) is 2. The van der Waals surface area contributed by atoms with Crippen molar-refractivity contribution in [2.45, 2.75) is 17.0 Å². The third kappa shape index (κ3) is 0.998.